The number of aryl methyl sites for hydroxylation is 1. The standard InChI is InChI=1S/C15H18N2/c1-11-7-8-17-10-15(11)14-6-4-5-13(9-14)12(2)16-3/h4-10,12,16H,1-3H3. The van der Waals surface area contributed by atoms with E-state index in [1.54, 1.807) is 0 Å². The molecule has 0 aliphatic heterocycles. The van der Waals surface area contributed by atoms with Gasteiger partial charge in [0.15, 0.2) is 0 Å². The summed E-state index contributed by atoms with van der Waals surface area (Å²) in [7, 11) is 1.98. The molecule has 0 aliphatic carbocycles. The predicted octanol–water partition coefficient (Wildman–Crippen LogP) is 3.34. The lowest BCUT2D eigenvalue weighted by molar-refractivity contribution is 0.652. The number of nitrogens with one attached hydrogen (secondary N) is 1. The first kappa shape index (κ1) is 11.8. The van der Waals surface area contributed by atoms with Crippen LogP contribution in [-0.2, 0) is 0 Å². The summed E-state index contributed by atoms with van der Waals surface area (Å²) in [5, 5.41) is 3.26. The number of nitrogens with zero attached hydrogens (tertiary/aromatic N) is 1. The van der Waals surface area contributed by atoms with Crippen LogP contribution in [0.25, 0.3) is 11.1 Å². The largest absolute Gasteiger partial charge is 0.313 e. The molecule has 0 aliphatic rings. The third kappa shape index (κ3) is 2.53. The molecule has 1 atom stereocenters. The van der Waals surface area contributed by atoms with E-state index >= 15 is 0 Å². The molecule has 0 spiro atoms. The summed E-state index contributed by atoms with van der Waals surface area (Å²) < 4.78 is 0. The van der Waals surface area contributed by atoms with Crippen LogP contribution in [0.15, 0.2) is 42.7 Å². The molecule has 1 N–H and O–H groups in total. The quantitative estimate of drug-likeness (QED) is 0.868. The molecule has 1 heterocycles. The highest BCUT2D eigenvalue weighted by Gasteiger charge is 2.06. The second kappa shape index (κ2) is 5.11. The summed E-state index contributed by atoms with van der Waals surface area (Å²) in [6.07, 6.45) is 3.76. The van der Waals surface area contributed by atoms with Crippen LogP contribution < -0.4 is 5.32 Å². The summed E-state index contributed by atoms with van der Waals surface area (Å²) in [5.41, 5.74) is 5.00. The van der Waals surface area contributed by atoms with E-state index < -0.39 is 0 Å². The minimum absolute atomic E-state index is 0.368. The van der Waals surface area contributed by atoms with Crippen molar-refractivity contribution in [1.82, 2.24) is 10.3 Å². The van der Waals surface area contributed by atoms with Crippen molar-refractivity contribution in [2.45, 2.75) is 19.9 Å². The van der Waals surface area contributed by atoms with E-state index in [9.17, 15) is 0 Å². The number of benzene rings is 1. The van der Waals surface area contributed by atoms with Crippen molar-refractivity contribution in [1.29, 1.82) is 0 Å². The van der Waals surface area contributed by atoms with Crippen LogP contribution in [0.1, 0.15) is 24.1 Å². The minimum Gasteiger partial charge on any atom is -0.313 e. The first-order valence-corrected chi connectivity index (χ1v) is 5.90. The van der Waals surface area contributed by atoms with Gasteiger partial charge in [-0.05, 0) is 49.7 Å². The Morgan fingerprint density at radius 2 is 2.06 bits per heavy atom. The zero-order valence-electron chi connectivity index (χ0n) is 10.6. The van der Waals surface area contributed by atoms with E-state index in [4.69, 9.17) is 0 Å². The Labute approximate surface area is 103 Å². The molecule has 88 valence electrons. The zero-order valence-corrected chi connectivity index (χ0v) is 10.6. The summed E-state index contributed by atoms with van der Waals surface area (Å²) in [6.45, 7) is 4.28. The summed E-state index contributed by atoms with van der Waals surface area (Å²) in [4.78, 5) is 4.20. The predicted molar refractivity (Wildman–Crippen MR) is 71.9 cm³/mol. The van der Waals surface area contributed by atoms with Crippen LogP contribution in [0.4, 0.5) is 0 Å². The normalized spacial score (nSPS) is 12.4. The van der Waals surface area contributed by atoms with E-state index in [1.165, 1.54) is 22.3 Å². The Morgan fingerprint density at radius 1 is 1.24 bits per heavy atom. The molecule has 1 aromatic carbocycles. The second-order valence-electron chi connectivity index (χ2n) is 4.33. The lowest BCUT2D eigenvalue weighted by atomic mass is 9.99. The Hall–Kier alpha value is -1.67. The molecular formula is C15H18N2. The molecule has 0 saturated heterocycles. The van der Waals surface area contributed by atoms with Crippen molar-refractivity contribution in [3.05, 3.63) is 53.9 Å². The molecule has 0 saturated carbocycles. The highest BCUT2D eigenvalue weighted by Crippen LogP contribution is 2.24. The van der Waals surface area contributed by atoms with Gasteiger partial charge in [-0.25, -0.2) is 0 Å². The van der Waals surface area contributed by atoms with Gasteiger partial charge in [-0.2, -0.15) is 0 Å². The van der Waals surface area contributed by atoms with E-state index in [-0.39, 0.29) is 0 Å². The van der Waals surface area contributed by atoms with Crippen molar-refractivity contribution in [2.75, 3.05) is 7.05 Å². The topological polar surface area (TPSA) is 24.9 Å². The number of aromatic nitrogens is 1. The van der Waals surface area contributed by atoms with Crippen LogP contribution in [0, 0.1) is 6.92 Å². The van der Waals surface area contributed by atoms with Gasteiger partial charge in [-0.1, -0.05) is 18.2 Å². The van der Waals surface area contributed by atoms with E-state index in [2.05, 4.69) is 48.4 Å². The van der Waals surface area contributed by atoms with Crippen molar-refractivity contribution in [2.24, 2.45) is 0 Å². The number of rotatable bonds is 3. The van der Waals surface area contributed by atoms with Gasteiger partial charge < -0.3 is 5.32 Å². The summed E-state index contributed by atoms with van der Waals surface area (Å²) in [5.74, 6) is 0. The fourth-order valence-corrected chi connectivity index (χ4v) is 1.91. The molecule has 1 unspecified atom stereocenters. The molecule has 2 nitrogen and oxygen atoms in total. The average molecular weight is 226 g/mol. The van der Waals surface area contributed by atoms with Gasteiger partial charge in [0.1, 0.15) is 0 Å². The van der Waals surface area contributed by atoms with Gasteiger partial charge in [-0.15, -0.1) is 0 Å². The van der Waals surface area contributed by atoms with Crippen LogP contribution in [0.2, 0.25) is 0 Å². The van der Waals surface area contributed by atoms with Crippen LogP contribution in [-0.4, -0.2) is 12.0 Å². The summed E-state index contributed by atoms with van der Waals surface area (Å²) in [6, 6.07) is 11.0. The SMILES string of the molecule is CNC(C)c1cccc(-c2cnccc2C)c1. The second-order valence-corrected chi connectivity index (χ2v) is 4.33. The first-order chi connectivity index (χ1) is 8.22. The maximum atomic E-state index is 4.20. The van der Waals surface area contributed by atoms with Crippen LogP contribution in [0.3, 0.4) is 0 Å². The van der Waals surface area contributed by atoms with Gasteiger partial charge in [0.25, 0.3) is 0 Å². The fourth-order valence-electron chi connectivity index (χ4n) is 1.91. The molecule has 2 rings (SSSR count). The third-order valence-corrected chi connectivity index (χ3v) is 3.17. The molecule has 0 amide bonds. The maximum Gasteiger partial charge on any atom is 0.0349 e. The Kier molecular flexibility index (Phi) is 3.55. The van der Waals surface area contributed by atoms with Crippen molar-refractivity contribution in [3.63, 3.8) is 0 Å². The highest BCUT2D eigenvalue weighted by atomic mass is 14.8. The average Bonchev–Trinajstić information content (AvgIpc) is 2.38. The molecule has 0 radical (unpaired) electrons. The fraction of sp³-hybridized carbons (Fsp3) is 0.267. The lowest BCUT2D eigenvalue weighted by Gasteiger charge is -2.12. The Bertz CT molecular complexity index is 506. The van der Waals surface area contributed by atoms with Crippen molar-refractivity contribution >= 4 is 0 Å². The zero-order chi connectivity index (χ0) is 12.3. The third-order valence-electron chi connectivity index (χ3n) is 3.17. The van der Waals surface area contributed by atoms with Crippen LogP contribution >= 0.6 is 0 Å². The molecule has 2 heteroatoms. The maximum absolute atomic E-state index is 4.20. The van der Waals surface area contributed by atoms with E-state index in [0.29, 0.717) is 6.04 Å². The number of hydrogen-bond donors (Lipinski definition) is 1. The van der Waals surface area contributed by atoms with Gasteiger partial charge in [0.05, 0.1) is 0 Å². The van der Waals surface area contributed by atoms with Crippen molar-refractivity contribution < 1.29 is 0 Å². The first-order valence-electron chi connectivity index (χ1n) is 5.90. The number of hydrogen-bond acceptors (Lipinski definition) is 2. The Balaban J connectivity index is 2.43. The van der Waals surface area contributed by atoms with Gasteiger partial charge in [-0.3, -0.25) is 4.98 Å². The molecule has 2 aromatic rings. The molecule has 0 bridgehead atoms. The lowest BCUT2D eigenvalue weighted by Crippen LogP contribution is -2.12. The molecule has 0 fully saturated rings. The summed E-state index contributed by atoms with van der Waals surface area (Å²) >= 11 is 0. The Morgan fingerprint density at radius 3 is 2.76 bits per heavy atom. The van der Waals surface area contributed by atoms with Crippen LogP contribution in [0.5, 0.6) is 0 Å². The van der Waals surface area contributed by atoms with E-state index in [0.717, 1.165) is 0 Å². The molecular weight excluding hydrogens is 208 g/mol. The van der Waals surface area contributed by atoms with Gasteiger partial charge >= 0.3 is 0 Å². The highest BCUT2D eigenvalue weighted by molar-refractivity contribution is 5.66. The smallest absolute Gasteiger partial charge is 0.0349 e. The van der Waals surface area contributed by atoms with Crippen molar-refractivity contribution in [3.8, 4) is 11.1 Å². The number of pyridine rings is 1. The molecule has 17 heavy (non-hydrogen) atoms. The van der Waals surface area contributed by atoms with E-state index in [1.807, 2.05) is 25.5 Å². The molecule has 1 aromatic heterocycles. The monoisotopic (exact) mass is 226 g/mol. The van der Waals surface area contributed by atoms with Gasteiger partial charge in [0, 0.05) is 24.0 Å². The van der Waals surface area contributed by atoms with Gasteiger partial charge in [0.2, 0.25) is 0 Å². The minimum atomic E-state index is 0.368.